The number of anilines is 2. The zero-order valence-corrected chi connectivity index (χ0v) is 18.3. The van der Waals surface area contributed by atoms with Gasteiger partial charge in [0.2, 0.25) is 12.7 Å². The number of thiazole rings is 1. The van der Waals surface area contributed by atoms with E-state index < -0.39 is 0 Å². The van der Waals surface area contributed by atoms with Crippen LogP contribution in [0.3, 0.4) is 0 Å². The van der Waals surface area contributed by atoms with Crippen molar-refractivity contribution in [3.63, 3.8) is 0 Å². The highest BCUT2D eigenvalue weighted by Gasteiger charge is 2.17. The zero-order valence-electron chi connectivity index (χ0n) is 16.7. The van der Waals surface area contributed by atoms with Gasteiger partial charge in [-0.2, -0.15) is 11.3 Å². The largest absolute Gasteiger partial charge is 0.454 e. The van der Waals surface area contributed by atoms with E-state index in [1.165, 1.54) is 11.3 Å². The van der Waals surface area contributed by atoms with E-state index in [4.69, 9.17) is 9.47 Å². The summed E-state index contributed by atoms with van der Waals surface area (Å²) in [4.78, 5) is 30.0. The normalized spacial score (nSPS) is 11.9. The number of aromatic nitrogens is 1. The maximum absolute atomic E-state index is 12.9. The molecule has 0 fully saturated rings. The number of amides is 2. The second kappa shape index (κ2) is 8.81. The molecule has 2 aromatic carbocycles. The Kier molecular flexibility index (Phi) is 5.57. The monoisotopic (exact) mass is 463 g/mol. The van der Waals surface area contributed by atoms with Crippen LogP contribution in [0.4, 0.5) is 11.4 Å². The van der Waals surface area contributed by atoms with E-state index in [-0.39, 0.29) is 25.0 Å². The van der Waals surface area contributed by atoms with Gasteiger partial charge in [0.1, 0.15) is 5.01 Å². The first-order valence-electron chi connectivity index (χ1n) is 9.72. The molecule has 2 aromatic heterocycles. The summed E-state index contributed by atoms with van der Waals surface area (Å²) in [6, 6.07) is 14.1. The van der Waals surface area contributed by atoms with E-state index in [1.54, 1.807) is 53.8 Å². The van der Waals surface area contributed by atoms with Crippen LogP contribution in [0.1, 0.15) is 16.1 Å². The number of nitrogens with one attached hydrogen (secondary N) is 2. The average Bonchev–Trinajstić information content (AvgIpc) is 3.55. The van der Waals surface area contributed by atoms with Crippen LogP contribution in [0.25, 0.3) is 10.6 Å². The first-order chi connectivity index (χ1) is 15.7. The summed E-state index contributed by atoms with van der Waals surface area (Å²) in [5.41, 5.74) is 3.11. The summed E-state index contributed by atoms with van der Waals surface area (Å²) in [6.07, 6.45) is 0.124. The SMILES string of the molecule is O=C(Cc1csc(-c2ccsc2)n1)Nc1ccccc1C(=O)Nc1ccc2c(c1)OCO2. The van der Waals surface area contributed by atoms with Crippen molar-refractivity contribution in [2.24, 2.45) is 0 Å². The molecule has 32 heavy (non-hydrogen) atoms. The molecule has 0 saturated carbocycles. The molecule has 0 aliphatic carbocycles. The van der Waals surface area contributed by atoms with Crippen LogP contribution in [0, 0.1) is 0 Å². The quantitative estimate of drug-likeness (QED) is 0.418. The van der Waals surface area contributed by atoms with Gasteiger partial charge in [-0.05, 0) is 35.7 Å². The molecule has 9 heteroatoms. The predicted octanol–water partition coefficient (Wildman–Crippen LogP) is 5.03. The molecule has 3 heterocycles. The minimum atomic E-state index is -0.340. The Labute approximate surface area is 191 Å². The second-order valence-corrected chi connectivity index (χ2v) is 8.59. The van der Waals surface area contributed by atoms with E-state index in [2.05, 4.69) is 15.6 Å². The van der Waals surface area contributed by atoms with Gasteiger partial charge >= 0.3 is 0 Å². The third kappa shape index (κ3) is 4.34. The van der Waals surface area contributed by atoms with Crippen molar-refractivity contribution in [2.45, 2.75) is 6.42 Å². The fourth-order valence-electron chi connectivity index (χ4n) is 3.23. The fraction of sp³-hybridized carbons (Fsp3) is 0.0870. The molecule has 2 amide bonds. The minimum Gasteiger partial charge on any atom is -0.454 e. The highest BCUT2D eigenvalue weighted by Crippen LogP contribution is 2.34. The highest BCUT2D eigenvalue weighted by atomic mass is 32.1. The lowest BCUT2D eigenvalue weighted by molar-refractivity contribution is -0.115. The van der Waals surface area contributed by atoms with Gasteiger partial charge in [-0.15, -0.1) is 11.3 Å². The third-order valence-corrected chi connectivity index (χ3v) is 6.36. The number of fused-ring (bicyclic) bond motifs is 1. The van der Waals surface area contributed by atoms with Crippen molar-refractivity contribution < 1.29 is 19.1 Å². The Hall–Kier alpha value is -3.69. The molecule has 0 atom stereocenters. The average molecular weight is 464 g/mol. The number of nitrogens with zero attached hydrogens (tertiary/aromatic N) is 1. The van der Waals surface area contributed by atoms with Crippen LogP contribution in [0.5, 0.6) is 11.5 Å². The number of hydrogen-bond donors (Lipinski definition) is 2. The van der Waals surface area contributed by atoms with Gasteiger partial charge in [0.25, 0.3) is 5.91 Å². The van der Waals surface area contributed by atoms with E-state index >= 15 is 0 Å². The highest BCUT2D eigenvalue weighted by molar-refractivity contribution is 7.14. The molecule has 2 N–H and O–H groups in total. The summed E-state index contributed by atoms with van der Waals surface area (Å²) in [5.74, 6) is 0.637. The number of ether oxygens (including phenoxy) is 2. The predicted molar refractivity (Wildman–Crippen MR) is 125 cm³/mol. The Morgan fingerprint density at radius 3 is 2.75 bits per heavy atom. The molecule has 0 spiro atoms. The molecule has 4 aromatic rings. The molecule has 5 rings (SSSR count). The Balaban J connectivity index is 1.27. The van der Waals surface area contributed by atoms with Crippen molar-refractivity contribution >= 4 is 45.9 Å². The lowest BCUT2D eigenvalue weighted by Gasteiger charge is -2.11. The van der Waals surface area contributed by atoms with Crippen molar-refractivity contribution in [2.75, 3.05) is 17.4 Å². The van der Waals surface area contributed by atoms with Gasteiger partial charge in [0, 0.05) is 28.1 Å². The second-order valence-electron chi connectivity index (χ2n) is 6.95. The molecule has 7 nitrogen and oxygen atoms in total. The number of para-hydroxylation sites is 1. The molecule has 0 unspecified atom stereocenters. The molecule has 160 valence electrons. The first-order valence-corrected chi connectivity index (χ1v) is 11.5. The maximum Gasteiger partial charge on any atom is 0.257 e. The Morgan fingerprint density at radius 1 is 1.00 bits per heavy atom. The molecule has 1 aliphatic rings. The number of carbonyl (C=O) groups excluding carboxylic acids is 2. The molecule has 0 radical (unpaired) electrons. The number of thiophene rings is 1. The number of carbonyl (C=O) groups is 2. The summed E-state index contributed by atoms with van der Waals surface area (Å²) in [6.45, 7) is 0.162. The lowest BCUT2D eigenvalue weighted by Crippen LogP contribution is -2.19. The molecule has 0 saturated heterocycles. The standard InChI is InChI=1S/C23H17N3O4S2/c27-21(10-16-12-32-23(25-16)14-7-8-31-11-14)26-18-4-2-1-3-17(18)22(28)24-15-5-6-19-20(9-15)30-13-29-19/h1-9,11-12H,10,13H2,(H,24,28)(H,26,27). The van der Waals surface area contributed by atoms with E-state index in [0.29, 0.717) is 34.1 Å². The van der Waals surface area contributed by atoms with Gasteiger partial charge < -0.3 is 20.1 Å². The van der Waals surface area contributed by atoms with Crippen LogP contribution >= 0.6 is 22.7 Å². The molecular weight excluding hydrogens is 446 g/mol. The third-order valence-electron chi connectivity index (χ3n) is 4.74. The maximum atomic E-state index is 12.9. The Morgan fingerprint density at radius 2 is 1.88 bits per heavy atom. The van der Waals surface area contributed by atoms with Crippen LogP contribution in [0.15, 0.2) is 64.7 Å². The number of rotatable bonds is 6. The van der Waals surface area contributed by atoms with Crippen LogP contribution in [0.2, 0.25) is 0 Å². The molecule has 1 aliphatic heterocycles. The zero-order chi connectivity index (χ0) is 21.9. The van der Waals surface area contributed by atoms with Crippen molar-refractivity contribution in [3.8, 4) is 22.1 Å². The summed E-state index contributed by atoms with van der Waals surface area (Å²) < 4.78 is 10.6. The number of hydrogen-bond acceptors (Lipinski definition) is 7. The topological polar surface area (TPSA) is 89.6 Å². The van der Waals surface area contributed by atoms with Gasteiger partial charge in [-0.1, -0.05) is 12.1 Å². The minimum absolute atomic E-state index is 0.124. The molecular formula is C23H17N3O4S2. The van der Waals surface area contributed by atoms with Crippen LogP contribution in [-0.2, 0) is 11.2 Å². The molecule has 0 bridgehead atoms. The smallest absolute Gasteiger partial charge is 0.257 e. The van der Waals surface area contributed by atoms with Crippen molar-refractivity contribution in [1.29, 1.82) is 0 Å². The van der Waals surface area contributed by atoms with Gasteiger partial charge in [-0.3, -0.25) is 9.59 Å². The Bertz CT molecular complexity index is 1280. The van der Waals surface area contributed by atoms with Gasteiger partial charge in [-0.25, -0.2) is 4.98 Å². The van der Waals surface area contributed by atoms with Crippen molar-refractivity contribution in [3.05, 3.63) is 75.9 Å². The number of benzene rings is 2. The summed E-state index contributed by atoms with van der Waals surface area (Å²) >= 11 is 3.11. The van der Waals surface area contributed by atoms with E-state index in [0.717, 1.165) is 10.6 Å². The fourth-order valence-corrected chi connectivity index (χ4v) is 4.76. The van der Waals surface area contributed by atoms with Crippen LogP contribution < -0.4 is 20.1 Å². The summed E-state index contributed by atoms with van der Waals surface area (Å²) in [5, 5.41) is 12.5. The van der Waals surface area contributed by atoms with Gasteiger partial charge in [0.05, 0.1) is 23.4 Å². The first kappa shape index (κ1) is 20.2. The lowest BCUT2D eigenvalue weighted by atomic mass is 10.1. The van der Waals surface area contributed by atoms with E-state index in [1.807, 2.05) is 22.2 Å². The van der Waals surface area contributed by atoms with Crippen LogP contribution in [-0.4, -0.2) is 23.6 Å². The van der Waals surface area contributed by atoms with Gasteiger partial charge in [0.15, 0.2) is 11.5 Å². The van der Waals surface area contributed by atoms with E-state index in [9.17, 15) is 9.59 Å². The van der Waals surface area contributed by atoms with Crippen molar-refractivity contribution in [1.82, 2.24) is 4.98 Å². The summed E-state index contributed by atoms with van der Waals surface area (Å²) in [7, 11) is 0.